The highest BCUT2D eigenvalue weighted by atomic mass is 32.1. The van der Waals surface area contributed by atoms with Gasteiger partial charge in [-0.15, -0.1) is 0 Å². The molecule has 1 aromatic rings. The minimum Gasteiger partial charge on any atom is -0.389 e. The lowest BCUT2D eigenvalue weighted by Crippen LogP contribution is -2.20. The first-order chi connectivity index (χ1) is 9.06. The predicted octanol–water partition coefficient (Wildman–Crippen LogP) is 3.56. The summed E-state index contributed by atoms with van der Waals surface area (Å²) in [6.07, 6.45) is 5.02. The quantitative estimate of drug-likeness (QED) is 0.857. The van der Waals surface area contributed by atoms with Gasteiger partial charge in [-0.1, -0.05) is 25.2 Å². The molecule has 1 aliphatic carbocycles. The van der Waals surface area contributed by atoms with Gasteiger partial charge < -0.3 is 10.5 Å². The molecule has 1 saturated carbocycles. The van der Waals surface area contributed by atoms with Gasteiger partial charge in [0.1, 0.15) is 10.8 Å². The molecule has 0 saturated heterocycles. The highest BCUT2D eigenvalue weighted by Crippen LogP contribution is 2.26. The maximum absolute atomic E-state index is 13.5. The second-order valence-electron chi connectivity index (χ2n) is 5.37. The Balaban J connectivity index is 1.92. The van der Waals surface area contributed by atoms with Crippen LogP contribution < -0.4 is 5.73 Å². The van der Waals surface area contributed by atoms with Crippen LogP contribution in [0, 0.1) is 11.7 Å². The first-order valence-electron chi connectivity index (χ1n) is 6.76. The van der Waals surface area contributed by atoms with E-state index < -0.39 is 0 Å². The average molecular weight is 281 g/mol. The molecule has 0 heterocycles. The minimum absolute atomic E-state index is 0.0887. The smallest absolute Gasteiger partial charge is 0.133 e. The van der Waals surface area contributed by atoms with Gasteiger partial charge in [0.05, 0.1) is 12.7 Å². The van der Waals surface area contributed by atoms with E-state index in [1.54, 1.807) is 12.1 Å². The molecule has 2 N–H and O–H groups in total. The molecule has 0 radical (unpaired) electrons. The molecule has 19 heavy (non-hydrogen) atoms. The third kappa shape index (κ3) is 3.98. The summed E-state index contributed by atoms with van der Waals surface area (Å²) in [6.45, 7) is 2.78. The molecule has 0 aliphatic heterocycles. The maximum atomic E-state index is 13.5. The van der Waals surface area contributed by atoms with Crippen molar-refractivity contribution < 1.29 is 9.13 Å². The summed E-state index contributed by atoms with van der Waals surface area (Å²) < 4.78 is 19.3. The van der Waals surface area contributed by atoms with E-state index in [1.165, 1.54) is 18.9 Å². The van der Waals surface area contributed by atoms with Crippen LogP contribution in [0.3, 0.4) is 0 Å². The molecule has 0 aromatic heterocycles. The largest absolute Gasteiger partial charge is 0.389 e. The summed E-state index contributed by atoms with van der Waals surface area (Å²) in [6, 6.07) is 4.81. The molecule has 1 aromatic carbocycles. The zero-order valence-electron chi connectivity index (χ0n) is 11.2. The SMILES string of the molecule is CC1CCC(OCc2ccc(F)c(C(N)=S)c2)CC1. The van der Waals surface area contributed by atoms with E-state index in [-0.39, 0.29) is 10.8 Å². The normalized spacial score (nSPS) is 23.3. The van der Waals surface area contributed by atoms with E-state index in [9.17, 15) is 4.39 Å². The van der Waals surface area contributed by atoms with Crippen LogP contribution in [0.1, 0.15) is 43.7 Å². The van der Waals surface area contributed by atoms with Crippen LogP contribution in [-0.2, 0) is 11.3 Å². The number of nitrogens with two attached hydrogens (primary N) is 1. The Hall–Kier alpha value is -1.00. The van der Waals surface area contributed by atoms with Crippen LogP contribution in [0.5, 0.6) is 0 Å². The van der Waals surface area contributed by atoms with Crippen molar-refractivity contribution >= 4 is 17.2 Å². The van der Waals surface area contributed by atoms with Gasteiger partial charge >= 0.3 is 0 Å². The number of hydrogen-bond donors (Lipinski definition) is 1. The summed E-state index contributed by atoms with van der Waals surface area (Å²) in [5, 5.41) is 0. The van der Waals surface area contributed by atoms with E-state index in [0.29, 0.717) is 18.3 Å². The van der Waals surface area contributed by atoms with Gasteiger partial charge in [0.15, 0.2) is 0 Å². The molecule has 104 valence electrons. The van der Waals surface area contributed by atoms with Crippen molar-refractivity contribution in [2.45, 2.75) is 45.3 Å². The Morgan fingerprint density at radius 3 is 2.68 bits per heavy atom. The lowest BCUT2D eigenvalue weighted by molar-refractivity contribution is 0.00875. The Bertz CT molecular complexity index is 455. The van der Waals surface area contributed by atoms with E-state index >= 15 is 0 Å². The Morgan fingerprint density at radius 1 is 1.37 bits per heavy atom. The van der Waals surface area contributed by atoms with Gasteiger partial charge in [-0.25, -0.2) is 4.39 Å². The molecule has 1 aliphatic rings. The topological polar surface area (TPSA) is 35.2 Å². The van der Waals surface area contributed by atoms with E-state index in [0.717, 1.165) is 24.3 Å². The van der Waals surface area contributed by atoms with Crippen molar-refractivity contribution in [3.05, 3.63) is 35.1 Å². The molecule has 2 rings (SSSR count). The Morgan fingerprint density at radius 2 is 2.05 bits per heavy atom. The van der Waals surface area contributed by atoms with Crippen LogP contribution in [0.15, 0.2) is 18.2 Å². The molecular weight excluding hydrogens is 261 g/mol. The third-order valence-electron chi connectivity index (χ3n) is 3.74. The van der Waals surface area contributed by atoms with Gasteiger partial charge in [-0.2, -0.15) is 0 Å². The van der Waals surface area contributed by atoms with Crippen molar-refractivity contribution in [3.8, 4) is 0 Å². The number of benzene rings is 1. The summed E-state index contributed by atoms with van der Waals surface area (Å²) in [5.74, 6) is 0.439. The maximum Gasteiger partial charge on any atom is 0.133 e. The first-order valence-corrected chi connectivity index (χ1v) is 7.17. The molecule has 0 spiro atoms. The number of thiocarbonyl (C=S) groups is 1. The Labute approximate surface area is 119 Å². The van der Waals surface area contributed by atoms with E-state index in [4.69, 9.17) is 22.7 Å². The zero-order chi connectivity index (χ0) is 13.8. The van der Waals surface area contributed by atoms with Gasteiger partial charge in [0, 0.05) is 5.56 Å². The van der Waals surface area contributed by atoms with Crippen molar-refractivity contribution in [1.29, 1.82) is 0 Å². The standard InChI is InChI=1S/C15H20FNOS/c1-10-2-5-12(6-3-10)18-9-11-4-7-14(16)13(8-11)15(17)19/h4,7-8,10,12H,2-3,5-6,9H2,1H3,(H2,17,19). The predicted molar refractivity (Wildman–Crippen MR) is 78.5 cm³/mol. The second kappa shape index (κ2) is 6.44. The molecule has 0 bridgehead atoms. The zero-order valence-corrected chi connectivity index (χ0v) is 12.0. The van der Waals surface area contributed by atoms with E-state index in [2.05, 4.69) is 6.92 Å². The number of ether oxygens (including phenoxy) is 1. The van der Waals surface area contributed by atoms with Crippen LogP contribution in [-0.4, -0.2) is 11.1 Å². The molecular formula is C15H20FNOS. The second-order valence-corrected chi connectivity index (χ2v) is 5.81. The van der Waals surface area contributed by atoms with Crippen LogP contribution in [0.25, 0.3) is 0 Å². The van der Waals surface area contributed by atoms with Crippen molar-refractivity contribution in [1.82, 2.24) is 0 Å². The number of rotatable bonds is 4. The monoisotopic (exact) mass is 281 g/mol. The fourth-order valence-corrected chi connectivity index (χ4v) is 2.62. The van der Waals surface area contributed by atoms with Crippen molar-refractivity contribution in [3.63, 3.8) is 0 Å². The molecule has 4 heteroatoms. The Kier molecular flexibility index (Phi) is 4.88. The molecule has 1 fully saturated rings. The lowest BCUT2D eigenvalue weighted by Gasteiger charge is -2.26. The fourth-order valence-electron chi connectivity index (χ4n) is 2.46. The first kappa shape index (κ1) is 14.4. The highest BCUT2D eigenvalue weighted by molar-refractivity contribution is 7.80. The van der Waals surface area contributed by atoms with Crippen molar-refractivity contribution in [2.24, 2.45) is 11.7 Å². The van der Waals surface area contributed by atoms with Gasteiger partial charge in [0.2, 0.25) is 0 Å². The van der Waals surface area contributed by atoms with Crippen LogP contribution in [0.4, 0.5) is 4.39 Å². The van der Waals surface area contributed by atoms with Gasteiger partial charge in [-0.3, -0.25) is 0 Å². The van der Waals surface area contributed by atoms with Gasteiger partial charge in [0.25, 0.3) is 0 Å². The number of halogens is 1. The molecule has 0 unspecified atom stereocenters. The summed E-state index contributed by atoms with van der Waals surface area (Å²) in [4.78, 5) is 0.0887. The van der Waals surface area contributed by atoms with Crippen LogP contribution in [0.2, 0.25) is 0 Å². The summed E-state index contributed by atoms with van der Waals surface area (Å²) in [5.41, 5.74) is 6.71. The average Bonchev–Trinajstić information content (AvgIpc) is 2.39. The molecule has 0 atom stereocenters. The van der Waals surface area contributed by atoms with E-state index in [1.807, 2.05) is 0 Å². The molecule has 0 amide bonds. The highest BCUT2D eigenvalue weighted by Gasteiger charge is 2.18. The molecule has 2 nitrogen and oxygen atoms in total. The van der Waals surface area contributed by atoms with Crippen molar-refractivity contribution in [2.75, 3.05) is 0 Å². The van der Waals surface area contributed by atoms with Gasteiger partial charge in [-0.05, 0) is 49.3 Å². The summed E-state index contributed by atoms with van der Waals surface area (Å²) in [7, 11) is 0. The third-order valence-corrected chi connectivity index (χ3v) is 3.96. The number of hydrogen-bond acceptors (Lipinski definition) is 2. The minimum atomic E-state index is -0.372. The van der Waals surface area contributed by atoms with Crippen LogP contribution >= 0.6 is 12.2 Å². The lowest BCUT2D eigenvalue weighted by atomic mass is 9.89. The summed E-state index contributed by atoms with van der Waals surface area (Å²) >= 11 is 4.83. The fraction of sp³-hybridized carbons (Fsp3) is 0.533.